The van der Waals surface area contributed by atoms with Gasteiger partial charge in [0, 0.05) is 26.3 Å². The maximum absolute atomic E-state index is 3.97. The number of nitrogens with one attached hydrogen (secondary N) is 1. The van der Waals surface area contributed by atoms with Gasteiger partial charge in [0.05, 0.1) is 17.6 Å². The van der Waals surface area contributed by atoms with Crippen LogP contribution in [-0.4, -0.2) is 25.2 Å². The number of rotatable bonds is 4. The topological polar surface area (TPSA) is 68.5 Å². The first-order chi connectivity index (χ1) is 7.36. The van der Waals surface area contributed by atoms with Gasteiger partial charge in [-0.1, -0.05) is 5.21 Å². The van der Waals surface area contributed by atoms with Crippen LogP contribution < -0.4 is 5.32 Å². The smallest absolute Gasteiger partial charge is 0.0769 e. The summed E-state index contributed by atoms with van der Waals surface area (Å²) in [7, 11) is 1.87. The van der Waals surface area contributed by atoms with Crippen LogP contribution in [0.15, 0.2) is 24.5 Å². The molecular formula is C9H12N6. The third kappa shape index (κ3) is 2.57. The molecule has 6 heteroatoms. The van der Waals surface area contributed by atoms with Crippen LogP contribution in [0.4, 0.5) is 0 Å². The summed E-state index contributed by atoms with van der Waals surface area (Å²) in [5.74, 6) is 0. The maximum atomic E-state index is 3.97. The van der Waals surface area contributed by atoms with Crippen LogP contribution in [-0.2, 0) is 20.1 Å². The third-order valence-electron chi connectivity index (χ3n) is 2.05. The van der Waals surface area contributed by atoms with Crippen molar-refractivity contribution in [3.05, 3.63) is 35.9 Å². The normalized spacial score (nSPS) is 10.5. The molecule has 0 aromatic carbocycles. The molecular weight excluding hydrogens is 192 g/mol. The monoisotopic (exact) mass is 204 g/mol. The van der Waals surface area contributed by atoms with Crippen LogP contribution in [0.5, 0.6) is 0 Å². The second kappa shape index (κ2) is 4.61. The summed E-state index contributed by atoms with van der Waals surface area (Å²) >= 11 is 0. The van der Waals surface area contributed by atoms with E-state index in [4.69, 9.17) is 0 Å². The largest absolute Gasteiger partial charge is 0.305 e. The van der Waals surface area contributed by atoms with Crippen molar-refractivity contribution in [3.63, 3.8) is 0 Å². The number of aromatic nitrogens is 5. The molecule has 0 amide bonds. The Balaban J connectivity index is 1.83. The molecule has 0 saturated carbocycles. The summed E-state index contributed by atoms with van der Waals surface area (Å²) in [5.41, 5.74) is 1.96. The van der Waals surface area contributed by atoms with Gasteiger partial charge in [0.1, 0.15) is 0 Å². The highest BCUT2D eigenvalue weighted by Gasteiger charge is 1.99. The summed E-state index contributed by atoms with van der Waals surface area (Å²) < 4.78 is 1.74. The van der Waals surface area contributed by atoms with Gasteiger partial charge in [-0.25, -0.2) is 0 Å². The number of aryl methyl sites for hydroxylation is 1. The van der Waals surface area contributed by atoms with E-state index in [9.17, 15) is 0 Å². The van der Waals surface area contributed by atoms with Crippen molar-refractivity contribution in [2.75, 3.05) is 0 Å². The minimum Gasteiger partial charge on any atom is -0.305 e. The molecule has 0 unspecified atom stereocenters. The first-order valence-corrected chi connectivity index (χ1v) is 4.67. The Labute approximate surface area is 87.3 Å². The van der Waals surface area contributed by atoms with E-state index in [1.807, 2.05) is 19.2 Å². The van der Waals surface area contributed by atoms with E-state index in [1.54, 1.807) is 17.1 Å². The van der Waals surface area contributed by atoms with Crippen molar-refractivity contribution in [3.8, 4) is 0 Å². The SMILES string of the molecule is Cn1nncc1CNCc1cccnn1. The minimum absolute atomic E-state index is 0.693. The van der Waals surface area contributed by atoms with Crippen LogP contribution >= 0.6 is 0 Å². The molecule has 15 heavy (non-hydrogen) atoms. The first kappa shape index (κ1) is 9.72. The van der Waals surface area contributed by atoms with Gasteiger partial charge >= 0.3 is 0 Å². The van der Waals surface area contributed by atoms with E-state index in [0.717, 1.165) is 17.9 Å². The molecule has 2 rings (SSSR count). The summed E-state index contributed by atoms with van der Waals surface area (Å²) in [4.78, 5) is 0. The molecule has 1 N–H and O–H groups in total. The summed E-state index contributed by atoms with van der Waals surface area (Å²) in [6, 6.07) is 3.80. The van der Waals surface area contributed by atoms with Gasteiger partial charge in [0.15, 0.2) is 0 Å². The summed E-state index contributed by atoms with van der Waals surface area (Å²) in [6.45, 7) is 1.42. The lowest BCUT2D eigenvalue weighted by molar-refractivity contribution is 0.608. The Morgan fingerprint density at radius 1 is 1.33 bits per heavy atom. The van der Waals surface area contributed by atoms with Gasteiger partial charge in [-0.2, -0.15) is 10.2 Å². The van der Waals surface area contributed by atoms with Gasteiger partial charge in [-0.3, -0.25) is 4.68 Å². The molecule has 2 aromatic heterocycles. The molecule has 0 aliphatic heterocycles. The highest BCUT2D eigenvalue weighted by atomic mass is 15.4. The van der Waals surface area contributed by atoms with Crippen molar-refractivity contribution in [2.45, 2.75) is 13.1 Å². The standard InChI is InChI=1S/C9H12N6/c1-15-9(7-12-14-15)6-10-5-8-3-2-4-11-13-8/h2-4,7,10H,5-6H2,1H3. The molecule has 0 fully saturated rings. The number of nitrogens with zero attached hydrogens (tertiary/aromatic N) is 5. The van der Waals surface area contributed by atoms with Crippen molar-refractivity contribution < 1.29 is 0 Å². The van der Waals surface area contributed by atoms with Crippen molar-refractivity contribution in [2.24, 2.45) is 7.05 Å². The van der Waals surface area contributed by atoms with E-state index in [0.29, 0.717) is 6.54 Å². The van der Waals surface area contributed by atoms with Crippen molar-refractivity contribution in [1.82, 2.24) is 30.5 Å². The fourth-order valence-corrected chi connectivity index (χ4v) is 1.22. The van der Waals surface area contributed by atoms with E-state index in [1.165, 1.54) is 0 Å². The highest BCUT2D eigenvalue weighted by molar-refractivity contribution is 4.99. The Kier molecular flexibility index (Phi) is 2.99. The molecule has 0 bridgehead atoms. The van der Waals surface area contributed by atoms with Crippen molar-refractivity contribution in [1.29, 1.82) is 0 Å². The quantitative estimate of drug-likeness (QED) is 0.753. The average molecular weight is 204 g/mol. The average Bonchev–Trinajstić information content (AvgIpc) is 2.66. The molecule has 0 aliphatic carbocycles. The van der Waals surface area contributed by atoms with E-state index in [2.05, 4.69) is 25.8 Å². The zero-order valence-corrected chi connectivity index (χ0v) is 8.46. The second-order valence-corrected chi connectivity index (χ2v) is 3.17. The Morgan fingerprint density at radius 2 is 2.27 bits per heavy atom. The van der Waals surface area contributed by atoms with Gasteiger partial charge < -0.3 is 5.32 Å². The lowest BCUT2D eigenvalue weighted by atomic mass is 10.4. The molecule has 2 aromatic rings. The zero-order chi connectivity index (χ0) is 10.5. The van der Waals surface area contributed by atoms with Gasteiger partial charge in [-0.15, -0.1) is 5.10 Å². The molecule has 0 spiro atoms. The molecule has 6 nitrogen and oxygen atoms in total. The predicted octanol–water partition coefficient (Wildman–Crippen LogP) is -0.105. The second-order valence-electron chi connectivity index (χ2n) is 3.17. The van der Waals surface area contributed by atoms with Crippen molar-refractivity contribution >= 4 is 0 Å². The first-order valence-electron chi connectivity index (χ1n) is 4.67. The van der Waals surface area contributed by atoms with Gasteiger partial charge in [0.25, 0.3) is 0 Å². The summed E-state index contributed by atoms with van der Waals surface area (Å²) in [6.07, 6.45) is 3.40. The minimum atomic E-state index is 0.693. The van der Waals surface area contributed by atoms with Crippen LogP contribution in [0.1, 0.15) is 11.4 Å². The maximum Gasteiger partial charge on any atom is 0.0769 e. The Bertz CT molecular complexity index is 410. The third-order valence-corrected chi connectivity index (χ3v) is 2.05. The van der Waals surface area contributed by atoms with Gasteiger partial charge in [0.2, 0.25) is 0 Å². The van der Waals surface area contributed by atoms with Crippen LogP contribution in [0.25, 0.3) is 0 Å². The van der Waals surface area contributed by atoms with E-state index >= 15 is 0 Å². The van der Waals surface area contributed by atoms with Crippen LogP contribution in [0, 0.1) is 0 Å². The predicted molar refractivity (Wildman–Crippen MR) is 53.6 cm³/mol. The van der Waals surface area contributed by atoms with E-state index < -0.39 is 0 Å². The molecule has 0 aliphatic rings. The molecule has 2 heterocycles. The molecule has 0 atom stereocenters. The van der Waals surface area contributed by atoms with Crippen LogP contribution in [0.3, 0.4) is 0 Å². The molecule has 0 radical (unpaired) electrons. The van der Waals surface area contributed by atoms with E-state index in [-0.39, 0.29) is 0 Å². The lowest BCUT2D eigenvalue weighted by Crippen LogP contribution is -2.16. The lowest BCUT2D eigenvalue weighted by Gasteiger charge is -2.02. The Hall–Kier alpha value is -1.82. The molecule has 0 saturated heterocycles. The molecule has 78 valence electrons. The number of hydrogen-bond acceptors (Lipinski definition) is 5. The number of hydrogen-bond donors (Lipinski definition) is 1. The fourth-order valence-electron chi connectivity index (χ4n) is 1.22. The fraction of sp³-hybridized carbons (Fsp3) is 0.333. The summed E-state index contributed by atoms with van der Waals surface area (Å²) in [5, 5.41) is 18.6. The Morgan fingerprint density at radius 3 is 2.93 bits per heavy atom. The zero-order valence-electron chi connectivity index (χ0n) is 8.46. The van der Waals surface area contributed by atoms with Crippen LogP contribution in [0.2, 0.25) is 0 Å². The van der Waals surface area contributed by atoms with Gasteiger partial charge in [-0.05, 0) is 12.1 Å². The highest BCUT2D eigenvalue weighted by Crippen LogP contribution is 1.94.